The molecule has 0 atom stereocenters. The van der Waals surface area contributed by atoms with E-state index >= 15 is 0 Å². The Bertz CT molecular complexity index is 398. The molecule has 1 N–H and O–H groups in total. The number of halogens is 1. The molecule has 0 aliphatic carbocycles. The summed E-state index contributed by atoms with van der Waals surface area (Å²) in [7, 11) is 0. The van der Waals surface area contributed by atoms with Crippen molar-refractivity contribution in [3.63, 3.8) is 0 Å². The third kappa shape index (κ3) is 1.98. The second-order valence-electron chi connectivity index (χ2n) is 1.86. The van der Waals surface area contributed by atoms with E-state index in [9.17, 15) is 0 Å². The molecule has 0 saturated heterocycles. The Morgan fingerprint density at radius 1 is 1.50 bits per heavy atom. The Labute approximate surface area is 77.8 Å². The van der Waals surface area contributed by atoms with E-state index in [1.54, 1.807) is 12.1 Å². The van der Waals surface area contributed by atoms with Gasteiger partial charge < -0.3 is 5.11 Å². The number of hydrogen-bond donors (Lipinski definition) is 1. The van der Waals surface area contributed by atoms with Gasteiger partial charge in [-0.1, -0.05) is 0 Å². The fourth-order valence-corrected chi connectivity index (χ4v) is 0.917. The molecular formula is C8H3BrN2O. The maximum Gasteiger partial charge on any atom is 0.157 e. The van der Waals surface area contributed by atoms with Crippen LogP contribution in [0, 0.1) is 23.2 Å². The van der Waals surface area contributed by atoms with Gasteiger partial charge in [-0.05, 0) is 34.0 Å². The molecule has 0 aliphatic rings. The van der Waals surface area contributed by atoms with Crippen LogP contribution in [0.3, 0.4) is 0 Å². The molecule has 4 heteroatoms. The van der Waals surface area contributed by atoms with Gasteiger partial charge in [0.1, 0.15) is 10.4 Å². The zero-order chi connectivity index (χ0) is 8.97. The van der Waals surface area contributed by atoms with Gasteiger partial charge in [-0.2, -0.15) is 5.26 Å². The average Bonchev–Trinajstić information content (AvgIpc) is 2.07. The van der Waals surface area contributed by atoms with Crippen molar-refractivity contribution < 1.29 is 5.11 Å². The lowest BCUT2D eigenvalue weighted by Crippen LogP contribution is -1.83. The van der Waals surface area contributed by atoms with E-state index < -0.39 is 0 Å². The number of aromatic hydroxyl groups is 1. The minimum Gasteiger partial charge on any atom is -0.505 e. The zero-order valence-electron chi connectivity index (χ0n) is 5.87. The first-order valence-corrected chi connectivity index (χ1v) is 3.79. The van der Waals surface area contributed by atoms with Crippen LogP contribution in [-0.2, 0) is 0 Å². The Morgan fingerprint density at radius 3 is 2.92 bits per heavy atom. The molecule has 1 rings (SSSR count). The molecular weight excluding hydrogens is 220 g/mol. The second kappa shape index (κ2) is 3.75. The van der Waals surface area contributed by atoms with E-state index in [-0.39, 0.29) is 11.4 Å². The summed E-state index contributed by atoms with van der Waals surface area (Å²) in [6.45, 7) is 0. The number of aromatic nitrogens is 1. The fraction of sp³-hybridized carbons (Fsp3) is 0. The molecule has 0 saturated carbocycles. The van der Waals surface area contributed by atoms with Crippen molar-refractivity contribution in [3.8, 4) is 23.7 Å². The smallest absolute Gasteiger partial charge is 0.157 e. The van der Waals surface area contributed by atoms with Crippen molar-refractivity contribution in [2.75, 3.05) is 0 Å². The highest BCUT2D eigenvalue weighted by Crippen LogP contribution is 2.16. The summed E-state index contributed by atoms with van der Waals surface area (Å²) in [6.07, 6.45) is 0. The summed E-state index contributed by atoms with van der Waals surface area (Å²) in [5, 5.41) is 17.3. The van der Waals surface area contributed by atoms with E-state index in [1.807, 2.05) is 0 Å². The Balaban J connectivity index is 3.16. The highest BCUT2D eigenvalue weighted by atomic mass is 79.9. The van der Waals surface area contributed by atoms with E-state index in [0.717, 1.165) is 0 Å². The van der Waals surface area contributed by atoms with Crippen molar-refractivity contribution >= 4 is 15.9 Å². The first-order chi connectivity index (χ1) is 5.74. The summed E-state index contributed by atoms with van der Waals surface area (Å²) in [5.41, 5.74) is 0.200. The molecule has 0 bridgehead atoms. The van der Waals surface area contributed by atoms with Crippen LogP contribution in [0.25, 0.3) is 0 Å². The number of hydrogen-bond acceptors (Lipinski definition) is 3. The van der Waals surface area contributed by atoms with Gasteiger partial charge >= 0.3 is 0 Å². The summed E-state index contributed by atoms with van der Waals surface area (Å²) in [6, 6.07) is 4.68. The average molecular weight is 223 g/mol. The summed E-state index contributed by atoms with van der Waals surface area (Å²) < 4.78 is 0.572. The molecule has 1 aromatic rings. The highest BCUT2D eigenvalue weighted by Gasteiger charge is 1.98. The Hall–Kier alpha value is -1.52. The number of nitrogens with zero attached hydrogens (tertiary/aromatic N) is 2. The normalized spacial score (nSPS) is 8.00. The Kier molecular flexibility index (Phi) is 2.68. The summed E-state index contributed by atoms with van der Waals surface area (Å²) in [5.74, 6) is 4.52. The highest BCUT2D eigenvalue weighted by molar-refractivity contribution is 9.10. The molecule has 3 nitrogen and oxygen atoms in total. The van der Waals surface area contributed by atoms with E-state index in [1.165, 1.54) is 6.07 Å². The van der Waals surface area contributed by atoms with Crippen molar-refractivity contribution in [2.45, 2.75) is 0 Å². The lowest BCUT2D eigenvalue weighted by molar-refractivity contribution is 0.470. The lowest BCUT2D eigenvalue weighted by Gasteiger charge is -1.94. The number of nitriles is 1. The van der Waals surface area contributed by atoms with Crippen LogP contribution in [0.15, 0.2) is 16.7 Å². The first kappa shape index (κ1) is 8.58. The predicted octanol–water partition coefficient (Wildman–Crippen LogP) is 1.42. The van der Waals surface area contributed by atoms with Crippen molar-refractivity contribution in [2.24, 2.45) is 0 Å². The SMILES string of the molecule is N#CC#Cc1nc(Br)ccc1O. The standard InChI is InChI=1S/C8H3BrN2O/c9-8-4-3-7(12)6(11-8)2-1-5-10/h3-4,12H. The van der Waals surface area contributed by atoms with Crippen LogP contribution in [0.2, 0.25) is 0 Å². The van der Waals surface area contributed by atoms with Gasteiger partial charge in [0.25, 0.3) is 0 Å². The van der Waals surface area contributed by atoms with E-state index in [4.69, 9.17) is 10.4 Å². The third-order valence-electron chi connectivity index (χ3n) is 1.08. The van der Waals surface area contributed by atoms with Gasteiger partial charge in [0.05, 0.1) is 0 Å². The molecule has 1 aromatic heterocycles. The molecule has 0 unspecified atom stereocenters. The quantitative estimate of drug-likeness (QED) is 0.534. The van der Waals surface area contributed by atoms with Crippen LogP contribution in [0.1, 0.15) is 5.69 Å². The maximum atomic E-state index is 9.17. The summed E-state index contributed by atoms with van der Waals surface area (Å²) >= 11 is 3.12. The van der Waals surface area contributed by atoms with Gasteiger partial charge in [-0.25, -0.2) is 4.98 Å². The molecule has 58 valence electrons. The van der Waals surface area contributed by atoms with E-state index in [2.05, 4.69) is 32.8 Å². The molecule has 0 aliphatic heterocycles. The van der Waals surface area contributed by atoms with Gasteiger partial charge in [0.15, 0.2) is 11.8 Å². The maximum absolute atomic E-state index is 9.17. The van der Waals surface area contributed by atoms with Crippen molar-refractivity contribution in [1.82, 2.24) is 4.98 Å². The first-order valence-electron chi connectivity index (χ1n) is 2.99. The zero-order valence-corrected chi connectivity index (χ0v) is 7.46. The lowest BCUT2D eigenvalue weighted by atomic mass is 10.3. The minimum atomic E-state index is -0.0269. The molecule has 12 heavy (non-hydrogen) atoms. The van der Waals surface area contributed by atoms with E-state index in [0.29, 0.717) is 4.60 Å². The van der Waals surface area contributed by atoms with Crippen molar-refractivity contribution in [1.29, 1.82) is 5.26 Å². The minimum absolute atomic E-state index is 0.0269. The van der Waals surface area contributed by atoms with Crippen molar-refractivity contribution in [3.05, 3.63) is 22.4 Å². The van der Waals surface area contributed by atoms with Crippen LogP contribution < -0.4 is 0 Å². The van der Waals surface area contributed by atoms with Gasteiger partial charge in [-0.15, -0.1) is 0 Å². The van der Waals surface area contributed by atoms with Gasteiger partial charge in [0, 0.05) is 5.92 Å². The largest absolute Gasteiger partial charge is 0.505 e. The number of pyridine rings is 1. The summed E-state index contributed by atoms with van der Waals surface area (Å²) in [4.78, 5) is 3.85. The van der Waals surface area contributed by atoms with Crippen LogP contribution in [0.4, 0.5) is 0 Å². The van der Waals surface area contributed by atoms with Crippen LogP contribution >= 0.6 is 15.9 Å². The molecule has 0 amide bonds. The molecule has 0 radical (unpaired) electrons. The Morgan fingerprint density at radius 2 is 2.25 bits per heavy atom. The predicted molar refractivity (Wildman–Crippen MR) is 46.1 cm³/mol. The molecule has 1 heterocycles. The fourth-order valence-electron chi connectivity index (χ4n) is 0.607. The topological polar surface area (TPSA) is 56.9 Å². The van der Waals surface area contributed by atoms with Crippen LogP contribution in [-0.4, -0.2) is 10.1 Å². The molecule has 0 fully saturated rings. The molecule has 0 spiro atoms. The monoisotopic (exact) mass is 222 g/mol. The van der Waals surface area contributed by atoms with Crippen LogP contribution in [0.5, 0.6) is 5.75 Å². The second-order valence-corrected chi connectivity index (χ2v) is 2.68. The number of rotatable bonds is 0. The molecule has 0 aromatic carbocycles. The van der Waals surface area contributed by atoms with Gasteiger partial charge in [-0.3, -0.25) is 0 Å². The third-order valence-corrected chi connectivity index (χ3v) is 1.52. The van der Waals surface area contributed by atoms with Gasteiger partial charge in [0.2, 0.25) is 0 Å².